The van der Waals surface area contributed by atoms with Crippen molar-refractivity contribution in [3.8, 4) is 0 Å². The first-order chi connectivity index (χ1) is 16.9. The van der Waals surface area contributed by atoms with Gasteiger partial charge >= 0.3 is 0 Å². The Bertz CT molecular complexity index is 1280. The summed E-state index contributed by atoms with van der Waals surface area (Å²) >= 11 is 8.48. The summed E-state index contributed by atoms with van der Waals surface area (Å²) in [6, 6.07) is 5.43. The second-order valence-electron chi connectivity index (χ2n) is 7.74. The molecule has 1 fully saturated rings. The first-order valence-corrected chi connectivity index (χ1v) is 14.9. The smallest absolute Gasteiger partial charge is 0.265 e. The van der Waals surface area contributed by atoms with Crippen LogP contribution < -0.4 is 10.2 Å². The number of alkyl halides is 1. The summed E-state index contributed by atoms with van der Waals surface area (Å²) in [6.07, 6.45) is 6.62. The fraction of sp³-hybridized carbons (Fsp3) is 0.273. The van der Waals surface area contributed by atoms with Gasteiger partial charge in [0, 0.05) is 31.2 Å². The highest BCUT2D eigenvalue weighted by atomic mass is 127. The Morgan fingerprint density at radius 3 is 2.42 bits per heavy atom. The summed E-state index contributed by atoms with van der Waals surface area (Å²) in [5.41, 5.74) is 1.45. The molecule has 1 aromatic rings. The number of carbonyl (C=O) groups is 3. The first-order valence-electron chi connectivity index (χ1n) is 10.5. The lowest BCUT2D eigenvalue weighted by Crippen LogP contribution is -2.52. The molecule has 1 saturated heterocycles. The maximum atomic E-state index is 12.4. The Hall–Kier alpha value is -2.27. The third kappa shape index (κ3) is 6.73. The van der Waals surface area contributed by atoms with Crippen molar-refractivity contribution in [3.63, 3.8) is 0 Å². The lowest BCUT2D eigenvalue weighted by molar-refractivity contribution is -0.132. The second kappa shape index (κ2) is 11.9. The van der Waals surface area contributed by atoms with E-state index in [4.69, 9.17) is 16.8 Å². The van der Waals surface area contributed by atoms with Gasteiger partial charge in [0.05, 0.1) is 20.9 Å². The molecule has 2 N–H and O–H groups in total. The van der Waals surface area contributed by atoms with Crippen LogP contribution in [0.1, 0.15) is 6.42 Å². The zero-order valence-corrected chi connectivity index (χ0v) is 23.9. The van der Waals surface area contributed by atoms with Gasteiger partial charge in [0.1, 0.15) is 5.57 Å². The number of rotatable bonds is 8. The fourth-order valence-corrected chi connectivity index (χ4v) is 5.41. The van der Waals surface area contributed by atoms with Crippen LogP contribution in [0.15, 0.2) is 58.0 Å². The third-order valence-corrected chi connectivity index (χ3v) is 8.33. The third-order valence-electron chi connectivity index (χ3n) is 5.18. The first kappa shape index (κ1) is 28.3. The summed E-state index contributed by atoms with van der Waals surface area (Å²) in [6.45, 7) is 0.323. The molecular formula is C22H23IN4O6S3. The van der Waals surface area contributed by atoms with Gasteiger partial charge < -0.3 is 10.2 Å². The Balaban J connectivity index is 1.85. The van der Waals surface area contributed by atoms with E-state index in [1.54, 1.807) is 24.3 Å². The van der Waals surface area contributed by atoms with E-state index in [0.29, 0.717) is 16.7 Å². The van der Waals surface area contributed by atoms with Crippen LogP contribution in [0, 0.1) is 0 Å². The summed E-state index contributed by atoms with van der Waals surface area (Å²) < 4.78 is 31.8. The summed E-state index contributed by atoms with van der Waals surface area (Å²) in [4.78, 5) is 41.8. The highest BCUT2D eigenvalue weighted by molar-refractivity contribution is 14.1. The predicted molar refractivity (Wildman–Crippen MR) is 152 cm³/mol. The monoisotopic (exact) mass is 662 g/mol. The van der Waals surface area contributed by atoms with Gasteiger partial charge in [-0.1, -0.05) is 46.5 Å². The Labute approximate surface area is 232 Å². The number of anilines is 2. The molecule has 0 radical (unpaired) electrons. The molecule has 3 rings (SSSR count). The van der Waals surface area contributed by atoms with Gasteiger partial charge in [-0.05, 0) is 49.0 Å². The molecule has 0 saturated carbocycles. The lowest BCUT2D eigenvalue weighted by atomic mass is 10.1. The van der Waals surface area contributed by atoms with Gasteiger partial charge in [-0.3, -0.25) is 28.7 Å². The SMILES string of the molecule is CN1C(=O)C(=C/C=C/C=C2\Sc3cc(NC(=O)CI)ccc3N2CCCS(=O)(=O)O)C(=O)N(C)C1=S. The molecule has 0 bridgehead atoms. The van der Waals surface area contributed by atoms with Crippen molar-refractivity contribution in [1.82, 2.24) is 9.80 Å². The van der Waals surface area contributed by atoms with E-state index in [2.05, 4.69) is 5.32 Å². The van der Waals surface area contributed by atoms with Gasteiger partial charge in [0.2, 0.25) is 5.91 Å². The Morgan fingerprint density at radius 1 is 1.17 bits per heavy atom. The van der Waals surface area contributed by atoms with Crippen LogP contribution in [0.25, 0.3) is 0 Å². The fourth-order valence-electron chi connectivity index (χ4n) is 3.42. The van der Waals surface area contributed by atoms with Gasteiger partial charge in [0.25, 0.3) is 21.9 Å². The van der Waals surface area contributed by atoms with E-state index >= 15 is 0 Å². The molecule has 10 nitrogen and oxygen atoms in total. The standard InChI is InChI=1S/C22H23IN4O6S3/c1-25-20(29)15(21(30)26(2)22(25)34)6-3-4-7-19-27(10-5-11-36(31,32)33)16-9-8-14(12-17(16)35-19)24-18(28)13-23/h3-4,6-9,12H,5,10-11,13H2,1-2H3,(H,24,28)(H,31,32,33)/b4-3+,19-7-. The van der Waals surface area contributed by atoms with E-state index in [9.17, 15) is 22.8 Å². The molecule has 0 atom stereocenters. The van der Waals surface area contributed by atoms with E-state index in [1.807, 2.05) is 39.6 Å². The molecule has 1 aromatic carbocycles. The van der Waals surface area contributed by atoms with Gasteiger partial charge in [-0.2, -0.15) is 8.42 Å². The lowest BCUT2D eigenvalue weighted by Gasteiger charge is -2.31. The number of thiocarbonyl (C=S) groups is 1. The number of allylic oxidation sites excluding steroid dienone is 4. The minimum absolute atomic E-state index is 0.0220. The maximum Gasteiger partial charge on any atom is 0.265 e. The van der Waals surface area contributed by atoms with Crippen molar-refractivity contribution in [2.45, 2.75) is 11.3 Å². The van der Waals surface area contributed by atoms with Crippen molar-refractivity contribution in [2.24, 2.45) is 0 Å². The largest absolute Gasteiger partial charge is 0.335 e. The Morgan fingerprint density at radius 2 is 1.81 bits per heavy atom. The molecule has 2 heterocycles. The number of nitrogens with one attached hydrogen (secondary N) is 1. The quantitative estimate of drug-likeness (QED) is 0.108. The number of hydrogen-bond donors (Lipinski definition) is 2. The highest BCUT2D eigenvalue weighted by Gasteiger charge is 2.34. The van der Waals surface area contributed by atoms with Gasteiger partial charge in [0.15, 0.2) is 5.11 Å². The normalized spacial score (nSPS) is 17.4. The highest BCUT2D eigenvalue weighted by Crippen LogP contribution is 2.47. The molecule has 2 aliphatic heterocycles. The van der Waals surface area contributed by atoms with E-state index in [1.165, 1.54) is 41.7 Å². The van der Waals surface area contributed by atoms with Crippen LogP contribution in [0.5, 0.6) is 0 Å². The van der Waals surface area contributed by atoms with E-state index in [-0.39, 0.29) is 28.8 Å². The molecular weight excluding hydrogens is 639 g/mol. The average Bonchev–Trinajstić information content (AvgIpc) is 3.16. The number of nitrogens with zero attached hydrogens (tertiary/aromatic N) is 3. The summed E-state index contributed by atoms with van der Waals surface area (Å²) in [5.74, 6) is -1.48. The molecule has 192 valence electrons. The minimum Gasteiger partial charge on any atom is -0.335 e. The molecule has 14 heteroatoms. The van der Waals surface area contributed by atoms with Crippen LogP contribution in [0.3, 0.4) is 0 Å². The number of halogens is 1. The zero-order chi connectivity index (χ0) is 26.6. The van der Waals surface area contributed by atoms with Gasteiger partial charge in [-0.25, -0.2) is 0 Å². The van der Waals surface area contributed by atoms with Crippen molar-refractivity contribution in [1.29, 1.82) is 0 Å². The molecule has 2 aliphatic rings. The summed E-state index contributed by atoms with van der Waals surface area (Å²) in [7, 11) is -1.09. The maximum absolute atomic E-state index is 12.4. The predicted octanol–water partition coefficient (Wildman–Crippen LogP) is 2.79. The molecule has 3 amide bonds. The molecule has 0 spiro atoms. The topological polar surface area (TPSA) is 127 Å². The summed E-state index contributed by atoms with van der Waals surface area (Å²) in [5, 5.41) is 3.70. The van der Waals surface area contributed by atoms with E-state index in [0.717, 1.165) is 15.6 Å². The Kier molecular flexibility index (Phi) is 9.32. The number of fused-ring (bicyclic) bond motifs is 1. The molecule has 36 heavy (non-hydrogen) atoms. The number of amides is 3. The molecule has 0 aromatic heterocycles. The average molecular weight is 663 g/mol. The number of likely N-dealkylation sites (N-methyl/N-ethyl adjacent to an activating group) is 2. The van der Waals surface area contributed by atoms with Gasteiger partial charge in [-0.15, -0.1) is 0 Å². The van der Waals surface area contributed by atoms with Crippen molar-refractivity contribution in [3.05, 3.63) is 53.1 Å². The second-order valence-corrected chi connectivity index (χ2v) is 11.5. The van der Waals surface area contributed by atoms with Crippen molar-refractivity contribution >= 4 is 90.9 Å². The number of thioether (sulfide) groups is 1. The van der Waals surface area contributed by atoms with E-state index < -0.39 is 21.9 Å². The van der Waals surface area contributed by atoms with Crippen molar-refractivity contribution < 1.29 is 27.4 Å². The molecule has 0 unspecified atom stereocenters. The van der Waals surface area contributed by atoms with Crippen LogP contribution in [-0.2, 0) is 24.5 Å². The van der Waals surface area contributed by atoms with Crippen LogP contribution >= 0.6 is 46.6 Å². The van der Waals surface area contributed by atoms with Crippen molar-refractivity contribution in [2.75, 3.05) is 41.0 Å². The number of benzene rings is 1. The zero-order valence-electron chi connectivity index (χ0n) is 19.3. The van der Waals surface area contributed by atoms with Crippen LogP contribution in [-0.4, -0.2) is 76.4 Å². The van der Waals surface area contributed by atoms with Crippen LogP contribution in [0.4, 0.5) is 11.4 Å². The number of hydrogen-bond acceptors (Lipinski definition) is 8. The minimum atomic E-state index is -4.09. The molecule has 0 aliphatic carbocycles. The van der Waals surface area contributed by atoms with Crippen LogP contribution in [0.2, 0.25) is 0 Å². The number of carbonyl (C=O) groups excluding carboxylic acids is 3.